The molecule has 0 spiro atoms. The predicted octanol–water partition coefficient (Wildman–Crippen LogP) is 2.65. The van der Waals surface area contributed by atoms with E-state index in [0.29, 0.717) is 0 Å². The molecule has 0 aliphatic rings. The molecule has 0 saturated heterocycles. The first kappa shape index (κ1) is 26.6. The van der Waals surface area contributed by atoms with Crippen LogP contribution in [0.15, 0.2) is 30.3 Å². The topological polar surface area (TPSA) is 98.7 Å². The SMILES string of the molecule is CN[C@H](C(=O)NC(C(=O)N(C)[C@H](C(=O)O)C(C)C)C(C)(C)C)C(C)(C)c1ccccc1. The average Bonchev–Trinajstić information content (AvgIpc) is 2.65. The van der Waals surface area contributed by atoms with Gasteiger partial charge in [0.2, 0.25) is 11.8 Å². The molecular formula is C24H39N3O4. The molecule has 174 valence electrons. The summed E-state index contributed by atoms with van der Waals surface area (Å²) in [7, 11) is 3.20. The Bertz CT molecular complexity index is 769. The van der Waals surface area contributed by atoms with Crippen molar-refractivity contribution in [3.63, 3.8) is 0 Å². The lowest BCUT2D eigenvalue weighted by atomic mass is 9.76. The van der Waals surface area contributed by atoms with Gasteiger partial charge in [-0.3, -0.25) is 9.59 Å². The van der Waals surface area contributed by atoms with E-state index in [1.165, 1.54) is 11.9 Å². The van der Waals surface area contributed by atoms with Crippen molar-refractivity contribution in [2.24, 2.45) is 11.3 Å². The minimum atomic E-state index is -1.07. The number of amides is 2. The maximum absolute atomic E-state index is 13.4. The third-order valence-corrected chi connectivity index (χ3v) is 5.84. The van der Waals surface area contributed by atoms with Crippen molar-refractivity contribution in [2.75, 3.05) is 14.1 Å². The molecule has 3 N–H and O–H groups in total. The van der Waals surface area contributed by atoms with E-state index in [4.69, 9.17) is 0 Å². The summed E-state index contributed by atoms with van der Waals surface area (Å²) >= 11 is 0. The van der Waals surface area contributed by atoms with Crippen LogP contribution in [-0.4, -0.2) is 60.0 Å². The molecule has 0 aliphatic heterocycles. The molecule has 2 amide bonds. The van der Waals surface area contributed by atoms with Gasteiger partial charge in [-0.15, -0.1) is 0 Å². The Morgan fingerprint density at radius 3 is 1.87 bits per heavy atom. The number of hydrogen-bond acceptors (Lipinski definition) is 4. The highest BCUT2D eigenvalue weighted by Crippen LogP contribution is 2.28. The van der Waals surface area contributed by atoms with Crippen LogP contribution in [0.4, 0.5) is 0 Å². The van der Waals surface area contributed by atoms with Gasteiger partial charge >= 0.3 is 5.97 Å². The lowest BCUT2D eigenvalue weighted by Crippen LogP contribution is -2.62. The molecule has 31 heavy (non-hydrogen) atoms. The van der Waals surface area contributed by atoms with E-state index < -0.39 is 40.8 Å². The van der Waals surface area contributed by atoms with E-state index >= 15 is 0 Å². The van der Waals surface area contributed by atoms with Gasteiger partial charge in [0.25, 0.3) is 0 Å². The van der Waals surface area contributed by atoms with E-state index in [-0.39, 0.29) is 11.8 Å². The van der Waals surface area contributed by atoms with Crippen LogP contribution in [0.3, 0.4) is 0 Å². The first-order valence-electron chi connectivity index (χ1n) is 10.7. The monoisotopic (exact) mass is 433 g/mol. The van der Waals surface area contributed by atoms with E-state index in [9.17, 15) is 19.5 Å². The van der Waals surface area contributed by atoms with Gasteiger partial charge in [0, 0.05) is 12.5 Å². The Morgan fingerprint density at radius 2 is 1.48 bits per heavy atom. The van der Waals surface area contributed by atoms with Crippen molar-refractivity contribution in [1.29, 1.82) is 0 Å². The lowest BCUT2D eigenvalue weighted by molar-refractivity contribution is -0.153. The molecule has 1 aromatic rings. The van der Waals surface area contributed by atoms with Gasteiger partial charge in [-0.2, -0.15) is 0 Å². The van der Waals surface area contributed by atoms with Gasteiger partial charge < -0.3 is 20.6 Å². The quantitative estimate of drug-likeness (QED) is 0.556. The first-order valence-corrected chi connectivity index (χ1v) is 10.7. The van der Waals surface area contributed by atoms with Crippen LogP contribution in [0.5, 0.6) is 0 Å². The Morgan fingerprint density at radius 1 is 0.968 bits per heavy atom. The number of carboxylic acid groups (broad SMARTS) is 1. The Balaban J connectivity index is 3.23. The minimum absolute atomic E-state index is 0.273. The van der Waals surface area contributed by atoms with Crippen LogP contribution < -0.4 is 10.6 Å². The number of carboxylic acids is 1. The summed E-state index contributed by atoms with van der Waals surface area (Å²) in [4.78, 5) is 39.7. The second-order valence-electron chi connectivity index (χ2n) is 10.1. The molecule has 7 nitrogen and oxygen atoms in total. The van der Waals surface area contributed by atoms with Crippen LogP contribution >= 0.6 is 0 Å². The van der Waals surface area contributed by atoms with Gasteiger partial charge in [0.1, 0.15) is 12.1 Å². The molecule has 0 aromatic heterocycles. The Hall–Kier alpha value is -2.41. The second-order valence-corrected chi connectivity index (χ2v) is 10.1. The summed E-state index contributed by atoms with van der Waals surface area (Å²) in [6.45, 7) is 13.0. The highest BCUT2D eigenvalue weighted by atomic mass is 16.4. The fourth-order valence-corrected chi connectivity index (χ4v) is 3.97. The zero-order valence-corrected chi connectivity index (χ0v) is 20.3. The fraction of sp³-hybridized carbons (Fsp3) is 0.625. The number of aliphatic carboxylic acids is 1. The standard InChI is InChI=1S/C24H39N3O4/c1-15(2)17(22(30)31)27(9)21(29)19(23(3,4)5)26-20(28)18(25-8)24(6,7)16-13-11-10-12-14-16/h10-15,17-19,25H,1-9H3,(H,26,28)(H,30,31)/t17-,18+,19?/m0/s1. The molecule has 0 bridgehead atoms. The third-order valence-electron chi connectivity index (χ3n) is 5.84. The van der Waals surface area contributed by atoms with Crippen molar-refractivity contribution < 1.29 is 19.5 Å². The third kappa shape index (κ3) is 6.29. The second kappa shape index (κ2) is 10.3. The average molecular weight is 434 g/mol. The van der Waals surface area contributed by atoms with E-state index in [0.717, 1.165) is 5.56 Å². The van der Waals surface area contributed by atoms with Crippen LogP contribution in [0.2, 0.25) is 0 Å². The molecule has 0 aliphatic carbocycles. The molecule has 3 atom stereocenters. The maximum Gasteiger partial charge on any atom is 0.326 e. The number of carbonyl (C=O) groups excluding carboxylic acids is 2. The Labute approximate surface area is 186 Å². The highest BCUT2D eigenvalue weighted by Gasteiger charge is 2.42. The number of nitrogens with zero attached hydrogens (tertiary/aromatic N) is 1. The number of carbonyl (C=O) groups is 3. The summed E-state index contributed by atoms with van der Waals surface area (Å²) in [5.74, 6) is -2.07. The zero-order valence-electron chi connectivity index (χ0n) is 20.3. The molecule has 0 fully saturated rings. The van der Waals surface area contributed by atoms with Crippen LogP contribution in [0.25, 0.3) is 0 Å². The molecule has 0 heterocycles. The number of hydrogen-bond donors (Lipinski definition) is 3. The first-order chi connectivity index (χ1) is 14.2. The summed E-state index contributed by atoms with van der Waals surface area (Å²) in [5, 5.41) is 15.6. The normalized spacial score (nSPS) is 15.2. The molecule has 1 unspecified atom stereocenters. The van der Waals surface area contributed by atoms with Crippen LogP contribution in [0, 0.1) is 11.3 Å². The van der Waals surface area contributed by atoms with Crippen LogP contribution in [0.1, 0.15) is 54.0 Å². The summed E-state index contributed by atoms with van der Waals surface area (Å²) in [5.41, 5.74) is -0.166. The largest absolute Gasteiger partial charge is 0.480 e. The van der Waals surface area contributed by atoms with Crippen molar-refractivity contribution >= 4 is 17.8 Å². The van der Waals surface area contributed by atoms with Gasteiger partial charge in [-0.1, -0.05) is 78.8 Å². The Kier molecular flexibility index (Phi) is 8.82. The van der Waals surface area contributed by atoms with E-state index in [1.54, 1.807) is 20.9 Å². The molecule has 1 aromatic carbocycles. The van der Waals surface area contributed by atoms with E-state index in [2.05, 4.69) is 10.6 Å². The minimum Gasteiger partial charge on any atom is -0.480 e. The summed E-state index contributed by atoms with van der Waals surface area (Å²) in [6.07, 6.45) is 0. The molecule has 7 heteroatoms. The van der Waals surface area contributed by atoms with Crippen molar-refractivity contribution in [3.8, 4) is 0 Å². The highest BCUT2D eigenvalue weighted by molar-refractivity contribution is 5.93. The smallest absolute Gasteiger partial charge is 0.326 e. The summed E-state index contributed by atoms with van der Waals surface area (Å²) in [6, 6.07) is 7.26. The predicted molar refractivity (Wildman–Crippen MR) is 123 cm³/mol. The summed E-state index contributed by atoms with van der Waals surface area (Å²) < 4.78 is 0. The van der Waals surface area contributed by atoms with Gasteiger partial charge in [-0.05, 0) is 23.9 Å². The van der Waals surface area contributed by atoms with Crippen molar-refractivity contribution in [1.82, 2.24) is 15.5 Å². The van der Waals surface area contributed by atoms with Crippen LogP contribution in [-0.2, 0) is 19.8 Å². The number of benzene rings is 1. The fourth-order valence-electron chi connectivity index (χ4n) is 3.97. The van der Waals surface area contributed by atoms with Gasteiger partial charge in [-0.25, -0.2) is 4.79 Å². The maximum atomic E-state index is 13.4. The molecule has 1 rings (SSSR count). The van der Waals surface area contributed by atoms with Gasteiger partial charge in [0.15, 0.2) is 0 Å². The van der Waals surface area contributed by atoms with E-state index in [1.807, 2.05) is 65.0 Å². The van der Waals surface area contributed by atoms with Crippen molar-refractivity contribution in [3.05, 3.63) is 35.9 Å². The van der Waals surface area contributed by atoms with Gasteiger partial charge in [0.05, 0.1) is 6.04 Å². The molecule has 0 radical (unpaired) electrons. The molecular weight excluding hydrogens is 394 g/mol. The zero-order chi connectivity index (χ0) is 24.1. The number of likely N-dealkylation sites (N-methyl/N-ethyl adjacent to an activating group) is 2. The lowest BCUT2D eigenvalue weighted by Gasteiger charge is -2.39. The van der Waals surface area contributed by atoms with Crippen molar-refractivity contribution in [2.45, 2.75) is 72.0 Å². The molecule has 0 saturated carbocycles. The number of nitrogens with one attached hydrogen (secondary N) is 2. The number of rotatable bonds is 9.